The van der Waals surface area contributed by atoms with Gasteiger partial charge >= 0.3 is 0 Å². The molecule has 0 bridgehead atoms. The lowest BCUT2D eigenvalue weighted by atomic mass is 10.1. The molecular weight excluding hydrogens is 299 g/mol. The van der Waals surface area contributed by atoms with Crippen molar-refractivity contribution in [3.63, 3.8) is 0 Å². The number of benzene rings is 1. The van der Waals surface area contributed by atoms with Crippen LogP contribution >= 0.6 is 22.6 Å². The van der Waals surface area contributed by atoms with E-state index in [1.54, 1.807) is 6.08 Å². The van der Waals surface area contributed by atoms with Gasteiger partial charge in [0.1, 0.15) is 0 Å². The molecule has 1 aliphatic carbocycles. The van der Waals surface area contributed by atoms with E-state index in [1.807, 2.05) is 36.4 Å². The number of carbonyl (C=O) groups is 1. The van der Waals surface area contributed by atoms with Crippen molar-refractivity contribution in [2.24, 2.45) is 0 Å². The van der Waals surface area contributed by atoms with Gasteiger partial charge in [-0.2, -0.15) is 0 Å². The molecule has 0 unspecified atom stereocenters. The molecule has 2 heteroatoms. The number of carbonyl (C=O) groups excluding carboxylic acids is 1. The van der Waals surface area contributed by atoms with E-state index in [-0.39, 0.29) is 5.78 Å². The third-order valence-corrected chi connectivity index (χ3v) is 3.37. The van der Waals surface area contributed by atoms with E-state index in [2.05, 4.69) is 29.2 Å². The summed E-state index contributed by atoms with van der Waals surface area (Å²) in [5, 5.41) is 0. The lowest BCUT2D eigenvalue weighted by Crippen LogP contribution is -1.92. The number of ketones is 1. The number of hydrogen-bond donors (Lipinski definition) is 0. The molecule has 2 rings (SSSR count). The molecule has 0 N–H and O–H groups in total. The first kappa shape index (κ1) is 10.4. The van der Waals surface area contributed by atoms with Crippen molar-refractivity contribution in [2.75, 3.05) is 0 Å². The van der Waals surface area contributed by atoms with E-state index >= 15 is 0 Å². The third kappa shape index (κ3) is 1.69. The lowest BCUT2D eigenvalue weighted by molar-refractivity contribution is 0.104. The summed E-state index contributed by atoms with van der Waals surface area (Å²) < 4.78 is 0.784. The van der Waals surface area contributed by atoms with Crippen molar-refractivity contribution in [1.82, 2.24) is 0 Å². The molecule has 15 heavy (non-hydrogen) atoms. The SMILES string of the molecule is C=C/C=C\C1=C(I)C(=O)c2ccccc21. The predicted octanol–water partition coefficient (Wildman–Crippen LogP) is 3.77. The second-order valence-corrected chi connectivity index (χ2v) is 4.28. The highest BCUT2D eigenvalue weighted by Crippen LogP contribution is 2.36. The highest BCUT2D eigenvalue weighted by molar-refractivity contribution is 14.1. The summed E-state index contributed by atoms with van der Waals surface area (Å²) in [7, 11) is 0. The monoisotopic (exact) mass is 308 g/mol. The van der Waals surface area contributed by atoms with E-state index in [0.29, 0.717) is 0 Å². The number of halogens is 1. The molecule has 0 aliphatic heterocycles. The van der Waals surface area contributed by atoms with Crippen molar-refractivity contribution in [3.05, 3.63) is 63.8 Å². The Hall–Kier alpha value is -1.16. The molecule has 0 atom stereocenters. The fraction of sp³-hybridized carbons (Fsp3) is 0. The van der Waals surface area contributed by atoms with Crippen LogP contribution in [0.2, 0.25) is 0 Å². The van der Waals surface area contributed by atoms with Crippen molar-refractivity contribution in [3.8, 4) is 0 Å². The summed E-state index contributed by atoms with van der Waals surface area (Å²) in [6, 6.07) is 7.68. The highest BCUT2D eigenvalue weighted by atomic mass is 127. The molecular formula is C13H9IO. The average Bonchev–Trinajstić information content (AvgIpc) is 2.51. The topological polar surface area (TPSA) is 17.1 Å². The summed E-state index contributed by atoms with van der Waals surface area (Å²) in [6.07, 6.45) is 5.49. The zero-order valence-electron chi connectivity index (χ0n) is 8.03. The van der Waals surface area contributed by atoms with E-state index in [0.717, 1.165) is 20.3 Å². The second-order valence-electron chi connectivity index (χ2n) is 3.20. The largest absolute Gasteiger partial charge is 0.288 e. The van der Waals surface area contributed by atoms with E-state index in [9.17, 15) is 4.79 Å². The van der Waals surface area contributed by atoms with E-state index < -0.39 is 0 Å². The number of fused-ring (bicyclic) bond motifs is 1. The highest BCUT2D eigenvalue weighted by Gasteiger charge is 2.25. The van der Waals surface area contributed by atoms with Gasteiger partial charge in [-0.3, -0.25) is 4.79 Å². The molecule has 0 amide bonds. The number of Topliss-reactive ketones (excluding diaryl/α,β-unsaturated/α-hetero) is 1. The van der Waals surface area contributed by atoms with Gasteiger partial charge in [-0.15, -0.1) is 0 Å². The Morgan fingerprint density at radius 2 is 1.87 bits per heavy atom. The van der Waals surface area contributed by atoms with Crippen LogP contribution in [0.25, 0.3) is 5.57 Å². The first-order valence-corrected chi connectivity index (χ1v) is 5.66. The Morgan fingerprint density at radius 1 is 1.20 bits per heavy atom. The summed E-state index contributed by atoms with van der Waals surface area (Å²) >= 11 is 2.10. The minimum Gasteiger partial charge on any atom is -0.288 e. The van der Waals surface area contributed by atoms with Gasteiger partial charge < -0.3 is 0 Å². The summed E-state index contributed by atoms with van der Waals surface area (Å²) in [6.45, 7) is 3.62. The molecule has 0 aromatic heterocycles. The minimum atomic E-state index is 0.120. The molecule has 0 spiro atoms. The smallest absolute Gasteiger partial charge is 0.200 e. The van der Waals surface area contributed by atoms with Crippen LogP contribution in [-0.2, 0) is 0 Å². The van der Waals surface area contributed by atoms with Gasteiger partial charge in [0, 0.05) is 5.56 Å². The fourth-order valence-corrected chi connectivity index (χ4v) is 2.36. The van der Waals surface area contributed by atoms with Crippen LogP contribution in [0.3, 0.4) is 0 Å². The van der Waals surface area contributed by atoms with Crippen molar-refractivity contribution in [1.29, 1.82) is 0 Å². The molecule has 0 radical (unpaired) electrons. The first-order chi connectivity index (χ1) is 7.25. The average molecular weight is 308 g/mol. The van der Waals surface area contributed by atoms with Crippen LogP contribution in [0.15, 0.2) is 52.7 Å². The van der Waals surface area contributed by atoms with Gasteiger partial charge in [0.25, 0.3) is 0 Å². The summed E-state index contributed by atoms with van der Waals surface area (Å²) in [4.78, 5) is 11.8. The second kappa shape index (κ2) is 4.14. The molecule has 0 heterocycles. The zero-order chi connectivity index (χ0) is 10.8. The van der Waals surface area contributed by atoms with Gasteiger partial charge in [0.15, 0.2) is 5.78 Å². The summed E-state index contributed by atoms with van der Waals surface area (Å²) in [5.74, 6) is 0.120. The summed E-state index contributed by atoms with van der Waals surface area (Å²) in [5.41, 5.74) is 2.81. The lowest BCUT2D eigenvalue weighted by Gasteiger charge is -1.97. The predicted molar refractivity (Wildman–Crippen MR) is 71.0 cm³/mol. The Bertz CT molecular complexity index is 495. The van der Waals surface area contributed by atoms with Crippen molar-refractivity contribution < 1.29 is 4.79 Å². The van der Waals surface area contributed by atoms with Gasteiger partial charge in [-0.25, -0.2) is 0 Å². The fourth-order valence-electron chi connectivity index (χ4n) is 1.60. The van der Waals surface area contributed by atoms with Crippen LogP contribution in [-0.4, -0.2) is 5.78 Å². The number of rotatable bonds is 2. The zero-order valence-corrected chi connectivity index (χ0v) is 10.2. The van der Waals surface area contributed by atoms with Gasteiger partial charge in [0.05, 0.1) is 3.58 Å². The maximum atomic E-state index is 11.8. The van der Waals surface area contributed by atoms with Gasteiger partial charge in [0.2, 0.25) is 0 Å². The van der Waals surface area contributed by atoms with Gasteiger partial charge in [-0.1, -0.05) is 49.1 Å². The molecule has 0 saturated carbocycles. The molecule has 1 aromatic carbocycles. The van der Waals surface area contributed by atoms with Crippen LogP contribution in [0.1, 0.15) is 15.9 Å². The standard InChI is InChI=1S/C13H9IO/c1-2-3-6-10-9-7-4-5-8-11(9)13(15)12(10)14/h2-8H,1H2/b6-3-. The van der Waals surface area contributed by atoms with E-state index in [1.165, 1.54) is 0 Å². The number of hydrogen-bond acceptors (Lipinski definition) is 1. The molecule has 1 nitrogen and oxygen atoms in total. The molecule has 0 fully saturated rings. The van der Waals surface area contributed by atoms with Crippen molar-refractivity contribution >= 4 is 33.9 Å². The maximum absolute atomic E-state index is 11.8. The first-order valence-electron chi connectivity index (χ1n) is 4.58. The van der Waals surface area contributed by atoms with Crippen LogP contribution < -0.4 is 0 Å². The molecule has 0 saturated heterocycles. The third-order valence-electron chi connectivity index (χ3n) is 2.30. The maximum Gasteiger partial charge on any atom is 0.200 e. The molecule has 1 aromatic rings. The van der Waals surface area contributed by atoms with Gasteiger partial charge in [-0.05, 0) is 33.7 Å². The quantitative estimate of drug-likeness (QED) is 0.600. The Morgan fingerprint density at radius 3 is 2.53 bits per heavy atom. The Balaban J connectivity index is 2.59. The van der Waals surface area contributed by atoms with E-state index in [4.69, 9.17) is 0 Å². The molecule has 74 valence electrons. The Labute approximate surface area is 102 Å². The van der Waals surface area contributed by atoms with Crippen LogP contribution in [0, 0.1) is 0 Å². The number of allylic oxidation sites excluding steroid dienone is 5. The minimum absolute atomic E-state index is 0.120. The van der Waals surface area contributed by atoms with Crippen LogP contribution in [0.4, 0.5) is 0 Å². The van der Waals surface area contributed by atoms with Crippen molar-refractivity contribution in [2.45, 2.75) is 0 Å². The normalized spacial score (nSPS) is 14.9. The van der Waals surface area contributed by atoms with Crippen LogP contribution in [0.5, 0.6) is 0 Å². The molecule has 1 aliphatic rings. The Kier molecular flexibility index (Phi) is 2.86.